The number of carbonyl (C=O) groups excluding carboxylic acids is 1. The number of rotatable bonds is 8. The largest absolute Gasteiger partial charge is 0.481 e. The van der Waals surface area contributed by atoms with Gasteiger partial charge in [-0.3, -0.25) is 23.9 Å². The maximum atomic E-state index is 11.7. The third-order valence-corrected chi connectivity index (χ3v) is 3.55. The number of anilines is 1. The van der Waals surface area contributed by atoms with Crippen LogP contribution in [0.3, 0.4) is 0 Å². The number of nitrogens with one attached hydrogen (secondary N) is 1. The van der Waals surface area contributed by atoms with Crippen molar-refractivity contribution in [2.24, 2.45) is 11.7 Å². The van der Waals surface area contributed by atoms with E-state index in [1.807, 2.05) is 0 Å². The van der Waals surface area contributed by atoms with Crippen LogP contribution in [0.15, 0.2) is 11.1 Å². The molecule has 0 fully saturated rings. The van der Waals surface area contributed by atoms with Crippen LogP contribution in [0.1, 0.15) is 20.8 Å². The molecule has 2 heterocycles. The lowest BCUT2D eigenvalue weighted by molar-refractivity contribution is -0.153. The van der Waals surface area contributed by atoms with Crippen molar-refractivity contribution in [1.29, 1.82) is 0 Å². The monoisotopic (exact) mass is 414 g/mol. The molecule has 162 valence electrons. The standard InChI is InChI=1S/C14H22N6O5.C2H4O2/c1-7(2)9(15)13(23)24-4-8(3-21)25-6-20-5-17-10-11(20)18-14(16)19-12(10)22;1-2(3)4/h5,7-9,21H,3-4,6,15H2,1-2H3,(H3,16,18,19,22);1H3,(H,3,4)/t8?,9-;/m0./s1. The number of carboxylic acids is 1. The Balaban J connectivity index is 0.000000960. The van der Waals surface area contributed by atoms with E-state index in [-0.39, 0.29) is 43.0 Å². The van der Waals surface area contributed by atoms with Crippen molar-refractivity contribution in [3.05, 3.63) is 16.7 Å². The number of carbonyl (C=O) groups is 2. The van der Waals surface area contributed by atoms with Gasteiger partial charge in [0.2, 0.25) is 5.95 Å². The highest BCUT2D eigenvalue weighted by Gasteiger charge is 2.21. The summed E-state index contributed by atoms with van der Waals surface area (Å²) in [6.07, 6.45) is 0.599. The van der Waals surface area contributed by atoms with Gasteiger partial charge in [-0.25, -0.2) is 4.98 Å². The number of H-pyrrole nitrogens is 1. The molecule has 7 N–H and O–H groups in total. The van der Waals surface area contributed by atoms with Crippen LogP contribution in [0.2, 0.25) is 0 Å². The Morgan fingerprint density at radius 1 is 1.38 bits per heavy atom. The van der Waals surface area contributed by atoms with Crippen LogP contribution in [-0.4, -0.2) is 67.0 Å². The van der Waals surface area contributed by atoms with Gasteiger partial charge in [0.15, 0.2) is 11.2 Å². The van der Waals surface area contributed by atoms with E-state index < -0.39 is 29.6 Å². The van der Waals surface area contributed by atoms with Gasteiger partial charge in [-0.1, -0.05) is 13.8 Å². The fourth-order valence-corrected chi connectivity index (χ4v) is 1.95. The number of nitrogen functional groups attached to an aromatic ring is 1. The highest BCUT2D eigenvalue weighted by Crippen LogP contribution is 2.08. The fourth-order valence-electron chi connectivity index (χ4n) is 1.95. The topological polar surface area (TPSA) is 209 Å². The SMILES string of the molecule is CC(=O)O.CC(C)[C@H](N)C(=O)OCC(CO)OCn1cnc2c(=O)[nH]c(N)nc21. The number of carboxylic acid groups (broad SMARTS) is 1. The summed E-state index contributed by atoms with van der Waals surface area (Å²) in [4.78, 5) is 42.7. The summed E-state index contributed by atoms with van der Waals surface area (Å²) in [7, 11) is 0. The number of hydrogen-bond acceptors (Lipinski definition) is 10. The van der Waals surface area contributed by atoms with Gasteiger partial charge in [0.1, 0.15) is 25.5 Å². The molecule has 29 heavy (non-hydrogen) atoms. The van der Waals surface area contributed by atoms with E-state index >= 15 is 0 Å². The first-order valence-corrected chi connectivity index (χ1v) is 8.61. The Bertz CT molecular complexity index is 874. The molecule has 0 aliphatic heterocycles. The normalized spacial score (nSPS) is 12.9. The quantitative estimate of drug-likeness (QED) is 0.319. The lowest BCUT2D eigenvalue weighted by Crippen LogP contribution is -2.39. The second-order valence-electron chi connectivity index (χ2n) is 6.36. The molecule has 0 radical (unpaired) electrons. The number of hydrogen-bond donors (Lipinski definition) is 5. The van der Waals surface area contributed by atoms with Crippen LogP contribution in [-0.2, 0) is 25.8 Å². The first-order chi connectivity index (χ1) is 13.6. The Morgan fingerprint density at radius 2 is 2.00 bits per heavy atom. The number of aliphatic carboxylic acids is 1. The molecule has 0 aliphatic rings. The molecule has 0 spiro atoms. The Kier molecular flexibility index (Phi) is 9.18. The molecule has 0 saturated heterocycles. The zero-order chi connectivity index (χ0) is 22.1. The van der Waals surface area contributed by atoms with Crippen molar-refractivity contribution in [2.75, 3.05) is 18.9 Å². The van der Waals surface area contributed by atoms with Gasteiger partial charge < -0.3 is 31.2 Å². The van der Waals surface area contributed by atoms with Crippen LogP contribution >= 0.6 is 0 Å². The average Bonchev–Trinajstić information content (AvgIpc) is 3.03. The van der Waals surface area contributed by atoms with Gasteiger partial charge in [-0.05, 0) is 5.92 Å². The van der Waals surface area contributed by atoms with E-state index in [0.717, 1.165) is 6.92 Å². The summed E-state index contributed by atoms with van der Waals surface area (Å²) in [6, 6.07) is -0.740. The molecule has 0 saturated carbocycles. The number of aromatic nitrogens is 4. The smallest absolute Gasteiger partial charge is 0.323 e. The number of ether oxygens (including phenoxy) is 2. The zero-order valence-electron chi connectivity index (χ0n) is 16.4. The number of imidazole rings is 1. The number of nitrogens with two attached hydrogens (primary N) is 2. The van der Waals surface area contributed by atoms with Crippen LogP contribution in [0, 0.1) is 5.92 Å². The first-order valence-electron chi connectivity index (χ1n) is 8.61. The minimum atomic E-state index is -0.833. The first kappa shape index (κ1) is 24.0. The number of aliphatic hydroxyl groups is 1. The van der Waals surface area contributed by atoms with E-state index in [9.17, 15) is 14.7 Å². The molecular formula is C16H26N6O7. The van der Waals surface area contributed by atoms with Crippen molar-refractivity contribution in [3.63, 3.8) is 0 Å². The molecule has 0 amide bonds. The molecule has 2 rings (SSSR count). The molecule has 0 aliphatic carbocycles. The number of aromatic amines is 1. The second-order valence-corrected chi connectivity index (χ2v) is 6.36. The highest BCUT2D eigenvalue weighted by molar-refractivity contribution is 5.75. The maximum Gasteiger partial charge on any atom is 0.323 e. The Labute approximate surface area is 165 Å². The Morgan fingerprint density at radius 3 is 2.55 bits per heavy atom. The van der Waals surface area contributed by atoms with Crippen molar-refractivity contribution >= 4 is 29.1 Å². The van der Waals surface area contributed by atoms with Crippen LogP contribution in [0.4, 0.5) is 5.95 Å². The highest BCUT2D eigenvalue weighted by atomic mass is 16.6. The zero-order valence-corrected chi connectivity index (χ0v) is 16.4. The van der Waals surface area contributed by atoms with Gasteiger partial charge in [0.05, 0.1) is 12.9 Å². The minimum absolute atomic E-state index is 0.0467. The number of fused-ring (bicyclic) bond motifs is 1. The van der Waals surface area contributed by atoms with E-state index in [2.05, 4.69) is 15.0 Å². The summed E-state index contributed by atoms with van der Waals surface area (Å²) in [6.45, 7) is 4.10. The Hall–Kier alpha value is -3.03. The lowest BCUT2D eigenvalue weighted by atomic mass is 10.1. The van der Waals surface area contributed by atoms with Gasteiger partial charge in [0.25, 0.3) is 11.5 Å². The fraction of sp³-hybridized carbons (Fsp3) is 0.562. The van der Waals surface area contributed by atoms with E-state index in [1.165, 1.54) is 10.9 Å². The van der Waals surface area contributed by atoms with E-state index in [0.29, 0.717) is 0 Å². The van der Waals surface area contributed by atoms with Crippen LogP contribution in [0.25, 0.3) is 11.2 Å². The van der Waals surface area contributed by atoms with Crippen molar-refractivity contribution in [3.8, 4) is 0 Å². The lowest BCUT2D eigenvalue weighted by Gasteiger charge is -2.19. The summed E-state index contributed by atoms with van der Waals surface area (Å²) < 4.78 is 12.0. The summed E-state index contributed by atoms with van der Waals surface area (Å²) in [5.41, 5.74) is 11.1. The number of esters is 1. The van der Waals surface area contributed by atoms with Crippen LogP contribution < -0.4 is 17.0 Å². The van der Waals surface area contributed by atoms with E-state index in [4.69, 9.17) is 30.8 Å². The number of aliphatic hydroxyl groups excluding tert-OH is 1. The maximum absolute atomic E-state index is 11.7. The minimum Gasteiger partial charge on any atom is -0.481 e. The molecule has 0 aromatic carbocycles. The molecule has 1 unspecified atom stereocenters. The number of nitrogens with zero attached hydrogens (tertiary/aromatic N) is 3. The average molecular weight is 414 g/mol. The van der Waals surface area contributed by atoms with Crippen molar-refractivity contribution in [1.82, 2.24) is 19.5 Å². The second kappa shape index (κ2) is 11.1. The summed E-state index contributed by atoms with van der Waals surface area (Å²) in [5.74, 6) is -1.51. The van der Waals surface area contributed by atoms with Gasteiger partial charge in [0, 0.05) is 6.92 Å². The van der Waals surface area contributed by atoms with E-state index in [1.54, 1.807) is 13.8 Å². The predicted octanol–water partition coefficient (Wildman–Crippen LogP) is -1.35. The van der Waals surface area contributed by atoms with Gasteiger partial charge >= 0.3 is 5.97 Å². The molecule has 2 aromatic rings. The van der Waals surface area contributed by atoms with Crippen molar-refractivity contribution < 1.29 is 29.3 Å². The molecule has 0 bridgehead atoms. The summed E-state index contributed by atoms with van der Waals surface area (Å²) in [5, 5.41) is 16.8. The molecular weight excluding hydrogens is 388 g/mol. The predicted molar refractivity (Wildman–Crippen MR) is 102 cm³/mol. The summed E-state index contributed by atoms with van der Waals surface area (Å²) >= 11 is 0. The van der Waals surface area contributed by atoms with Crippen LogP contribution in [0.5, 0.6) is 0 Å². The van der Waals surface area contributed by atoms with Gasteiger partial charge in [-0.2, -0.15) is 4.98 Å². The third kappa shape index (κ3) is 7.48. The molecule has 2 aromatic heterocycles. The van der Waals surface area contributed by atoms with Gasteiger partial charge in [-0.15, -0.1) is 0 Å². The van der Waals surface area contributed by atoms with Crippen molar-refractivity contribution in [2.45, 2.75) is 39.6 Å². The molecule has 13 nitrogen and oxygen atoms in total. The third-order valence-electron chi connectivity index (χ3n) is 3.55. The molecule has 2 atom stereocenters. The molecule has 13 heteroatoms.